The minimum atomic E-state index is -1.29. The fraction of sp³-hybridized carbons (Fsp3) is 0.200. The maximum atomic E-state index is 11.6. The summed E-state index contributed by atoms with van der Waals surface area (Å²) >= 11 is 0. The van der Waals surface area contributed by atoms with E-state index in [0.717, 1.165) is 0 Å². The van der Waals surface area contributed by atoms with Gasteiger partial charge in [0, 0.05) is 11.3 Å². The van der Waals surface area contributed by atoms with Gasteiger partial charge in [0.15, 0.2) is 0 Å². The van der Waals surface area contributed by atoms with Crippen molar-refractivity contribution in [2.75, 3.05) is 7.11 Å². The number of carbonyl (C=O) groups is 2. The van der Waals surface area contributed by atoms with Crippen molar-refractivity contribution in [3.05, 3.63) is 52.5 Å². The molecular weight excluding hydrogens is 288 g/mol. The number of aliphatic carboxylic acids is 2. The monoisotopic (exact) mass is 304 g/mol. The Hall–Kier alpha value is -2.96. The molecule has 0 saturated heterocycles. The first-order valence-corrected chi connectivity index (χ1v) is 6.45. The number of nitrogens with two attached hydrogens (primary N) is 1. The van der Waals surface area contributed by atoms with Gasteiger partial charge < -0.3 is 26.0 Å². The lowest BCUT2D eigenvalue weighted by molar-refractivity contribution is -0.133. The number of allylic oxidation sites excluding steroid dienone is 1. The van der Waals surface area contributed by atoms with Gasteiger partial charge in [-0.15, -0.1) is 0 Å². The number of ether oxygens (including phenoxy) is 1. The molecule has 1 aliphatic heterocycles. The third kappa shape index (κ3) is 2.48. The Morgan fingerprint density at radius 2 is 1.77 bits per heavy atom. The van der Waals surface area contributed by atoms with E-state index in [-0.39, 0.29) is 17.0 Å². The molecule has 0 fully saturated rings. The van der Waals surface area contributed by atoms with Gasteiger partial charge >= 0.3 is 11.9 Å². The zero-order valence-corrected chi connectivity index (χ0v) is 12.1. The number of hydrogen-bond acceptors (Lipinski definition) is 5. The zero-order chi connectivity index (χ0) is 16.4. The first kappa shape index (κ1) is 15.4. The van der Waals surface area contributed by atoms with Crippen molar-refractivity contribution in [1.29, 1.82) is 0 Å². The highest BCUT2D eigenvalue weighted by Crippen LogP contribution is 2.41. The Morgan fingerprint density at radius 3 is 2.32 bits per heavy atom. The molecule has 1 aromatic rings. The first-order chi connectivity index (χ1) is 10.4. The van der Waals surface area contributed by atoms with Crippen LogP contribution in [0.4, 0.5) is 0 Å². The average Bonchev–Trinajstić information content (AvgIpc) is 2.45. The predicted molar refractivity (Wildman–Crippen MR) is 78.1 cm³/mol. The molecular formula is C15H16N2O5. The maximum absolute atomic E-state index is 11.6. The highest BCUT2D eigenvalue weighted by molar-refractivity contribution is 5.98. The van der Waals surface area contributed by atoms with Crippen molar-refractivity contribution in [3.8, 4) is 5.75 Å². The number of carboxylic acids is 2. The summed E-state index contributed by atoms with van der Waals surface area (Å²) in [6.45, 7) is 1.54. The summed E-state index contributed by atoms with van der Waals surface area (Å²) in [6, 6.07) is 6.67. The normalized spacial score (nSPS) is 18.0. The molecule has 1 atom stereocenters. The van der Waals surface area contributed by atoms with Gasteiger partial charge in [0.2, 0.25) is 0 Å². The predicted octanol–water partition coefficient (Wildman–Crippen LogP) is 0.996. The topological polar surface area (TPSA) is 122 Å². The smallest absolute Gasteiger partial charge is 0.336 e. The van der Waals surface area contributed by atoms with Gasteiger partial charge in [-0.05, 0) is 13.0 Å². The fourth-order valence-corrected chi connectivity index (χ4v) is 2.59. The second-order valence-corrected chi connectivity index (χ2v) is 4.78. The summed E-state index contributed by atoms with van der Waals surface area (Å²) in [7, 11) is 1.43. The number of para-hydroxylation sites is 1. The van der Waals surface area contributed by atoms with Crippen molar-refractivity contribution < 1.29 is 24.5 Å². The molecule has 0 saturated carbocycles. The van der Waals surface area contributed by atoms with Gasteiger partial charge in [0.1, 0.15) is 11.6 Å². The van der Waals surface area contributed by atoms with Gasteiger partial charge in [0.05, 0.1) is 24.2 Å². The van der Waals surface area contributed by atoms with Gasteiger partial charge in [-0.3, -0.25) is 0 Å². The van der Waals surface area contributed by atoms with Crippen molar-refractivity contribution in [3.63, 3.8) is 0 Å². The first-order valence-electron chi connectivity index (χ1n) is 6.45. The number of dihydropyridines is 1. The summed E-state index contributed by atoms with van der Waals surface area (Å²) in [5.41, 5.74) is 6.21. The summed E-state index contributed by atoms with van der Waals surface area (Å²) < 4.78 is 5.23. The third-order valence-electron chi connectivity index (χ3n) is 3.50. The molecule has 1 heterocycles. The number of rotatable bonds is 4. The van der Waals surface area contributed by atoms with E-state index in [4.69, 9.17) is 10.5 Å². The van der Waals surface area contributed by atoms with E-state index in [9.17, 15) is 19.8 Å². The molecule has 1 aliphatic rings. The lowest BCUT2D eigenvalue weighted by Gasteiger charge is -2.29. The molecule has 0 aromatic heterocycles. The molecule has 0 amide bonds. The number of carboxylic acid groups (broad SMARTS) is 2. The van der Waals surface area contributed by atoms with Gasteiger partial charge in [-0.25, -0.2) is 9.59 Å². The molecule has 7 nitrogen and oxygen atoms in total. The Kier molecular flexibility index (Phi) is 4.07. The van der Waals surface area contributed by atoms with E-state index in [2.05, 4.69) is 5.32 Å². The molecule has 0 unspecified atom stereocenters. The lowest BCUT2D eigenvalue weighted by atomic mass is 9.81. The van der Waals surface area contributed by atoms with Crippen molar-refractivity contribution in [2.45, 2.75) is 12.8 Å². The molecule has 5 N–H and O–H groups in total. The summed E-state index contributed by atoms with van der Waals surface area (Å²) in [6.07, 6.45) is 0. The van der Waals surface area contributed by atoms with Crippen LogP contribution in [-0.4, -0.2) is 29.3 Å². The van der Waals surface area contributed by atoms with E-state index in [1.54, 1.807) is 24.3 Å². The summed E-state index contributed by atoms with van der Waals surface area (Å²) in [4.78, 5) is 23.2. The van der Waals surface area contributed by atoms with Crippen LogP contribution in [0.1, 0.15) is 18.4 Å². The number of nitrogens with one attached hydrogen (secondary N) is 1. The minimum absolute atomic E-state index is 0.0731. The second-order valence-electron chi connectivity index (χ2n) is 4.78. The number of hydrogen-bond donors (Lipinski definition) is 4. The minimum Gasteiger partial charge on any atom is -0.496 e. The average molecular weight is 304 g/mol. The number of benzene rings is 1. The second kappa shape index (κ2) is 5.80. The van der Waals surface area contributed by atoms with E-state index < -0.39 is 17.9 Å². The van der Waals surface area contributed by atoms with Crippen molar-refractivity contribution in [1.82, 2.24) is 5.32 Å². The Labute approximate surface area is 126 Å². The highest BCUT2D eigenvalue weighted by Gasteiger charge is 2.38. The van der Waals surface area contributed by atoms with Crippen LogP contribution < -0.4 is 15.8 Å². The molecule has 116 valence electrons. The summed E-state index contributed by atoms with van der Waals surface area (Å²) in [5, 5.41) is 21.6. The van der Waals surface area contributed by atoms with Crippen LogP contribution in [0.3, 0.4) is 0 Å². The van der Waals surface area contributed by atoms with E-state index in [1.807, 2.05) is 0 Å². The molecule has 0 spiro atoms. The van der Waals surface area contributed by atoms with Crippen LogP contribution in [-0.2, 0) is 9.59 Å². The van der Waals surface area contributed by atoms with E-state index in [1.165, 1.54) is 14.0 Å². The van der Waals surface area contributed by atoms with Crippen molar-refractivity contribution in [2.24, 2.45) is 5.73 Å². The van der Waals surface area contributed by atoms with Crippen LogP contribution in [0.5, 0.6) is 5.75 Å². The van der Waals surface area contributed by atoms with E-state index in [0.29, 0.717) is 17.0 Å². The van der Waals surface area contributed by atoms with Gasteiger partial charge in [-0.2, -0.15) is 0 Å². The van der Waals surface area contributed by atoms with Gasteiger partial charge in [-0.1, -0.05) is 18.2 Å². The van der Waals surface area contributed by atoms with E-state index >= 15 is 0 Å². The van der Waals surface area contributed by atoms with Gasteiger partial charge in [0.25, 0.3) is 0 Å². The molecule has 7 heteroatoms. The maximum Gasteiger partial charge on any atom is 0.336 e. The molecule has 0 radical (unpaired) electrons. The van der Waals surface area contributed by atoms with Crippen LogP contribution in [0.2, 0.25) is 0 Å². The molecule has 0 aliphatic carbocycles. The number of methoxy groups -OCH3 is 1. The quantitative estimate of drug-likeness (QED) is 0.654. The lowest BCUT2D eigenvalue weighted by Crippen LogP contribution is -2.35. The van der Waals surface area contributed by atoms with Crippen LogP contribution in [0, 0.1) is 0 Å². The largest absolute Gasteiger partial charge is 0.496 e. The Bertz CT molecular complexity index is 670. The van der Waals surface area contributed by atoms with Crippen molar-refractivity contribution >= 4 is 11.9 Å². The molecule has 1 aromatic carbocycles. The standard InChI is InChI=1S/C15H16N2O5/c1-7-10(14(18)19)11(12(15(20)21)13(16)17-7)8-5-3-4-6-9(8)22-2/h3-6,11,17H,16H2,1-2H3,(H,18,19)(H,20,21)/t11-/m1/s1. The Balaban J connectivity index is 2.75. The fourth-order valence-electron chi connectivity index (χ4n) is 2.59. The van der Waals surface area contributed by atoms with Crippen LogP contribution >= 0.6 is 0 Å². The molecule has 2 rings (SSSR count). The summed E-state index contributed by atoms with van der Waals surface area (Å²) in [5.74, 6) is -3.20. The molecule has 22 heavy (non-hydrogen) atoms. The zero-order valence-electron chi connectivity index (χ0n) is 12.1. The Morgan fingerprint density at radius 1 is 1.18 bits per heavy atom. The molecule has 0 bridgehead atoms. The van der Waals surface area contributed by atoms with Crippen LogP contribution in [0.25, 0.3) is 0 Å². The third-order valence-corrected chi connectivity index (χ3v) is 3.50. The highest BCUT2D eigenvalue weighted by atomic mass is 16.5. The van der Waals surface area contributed by atoms with Crippen LogP contribution in [0.15, 0.2) is 46.9 Å². The SMILES string of the molecule is COc1ccccc1[C@@H]1C(C(=O)O)=C(C)NC(N)=C1C(=O)O.